The maximum Gasteiger partial charge on any atom is 0.418 e. The molecule has 3 aromatic rings. The van der Waals surface area contributed by atoms with Gasteiger partial charge in [0.05, 0.1) is 17.4 Å². The van der Waals surface area contributed by atoms with Crippen molar-refractivity contribution in [3.8, 4) is 11.5 Å². The number of alkyl halides is 3. The van der Waals surface area contributed by atoms with Gasteiger partial charge in [0.25, 0.3) is 0 Å². The van der Waals surface area contributed by atoms with Gasteiger partial charge in [-0.3, -0.25) is 9.78 Å². The van der Waals surface area contributed by atoms with Crippen molar-refractivity contribution in [2.45, 2.75) is 6.18 Å². The van der Waals surface area contributed by atoms with E-state index in [1.54, 1.807) is 0 Å². The first-order valence-corrected chi connectivity index (χ1v) is 6.53. The third-order valence-electron chi connectivity index (χ3n) is 2.89. The Morgan fingerprint density at radius 2 is 1.96 bits per heavy atom. The fraction of sp³-hybridized carbons (Fsp3) is 0.0714. The molecule has 0 aliphatic rings. The summed E-state index contributed by atoms with van der Waals surface area (Å²) in [6.45, 7) is 0. The average molecular weight is 335 g/mol. The van der Waals surface area contributed by atoms with E-state index in [2.05, 4.69) is 25.4 Å². The number of halogens is 3. The first-order valence-electron chi connectivity index (χ1n) is 6.53. The van der Waals surface area contributed by atoms with Gasteiger partial charge < -0.3 is 9.84 Å². The van der Waals surface area contributed by atoms with Gasteiger partial charge in [-0.05, 0) is 12.1 Å². The van der Waals surface area contributed by atoms with Crippen LogP contribution in [0.3, 0.4) is 0 Å². The lowest BCUT2D eigenvalue weighted by Gasteiger charge is -2.12. The quantitative estimate of drug-likeness (QED) is 0.791. The highest BCUT2D eigenvalue weighted by molar-refractivity contribution is 6.01. The SMILES string of the molecule is O=C(Nc1ccccc1C(F)(F)F)c1nc(-c2cnccn2)no1. The third-order valence-corrected chi connectivity index (χ3v) is 2.89. The first kappa shape index (κ1) is 15.6. The van der Waals surface area contributed by atoms with E-state index in [-0.39, 0.29) is 11.5 Å². The van der Waals surface area contributed by atoms with Crippen LogP contribution < -0.4 is 5.32 Å². The van der Waals surface area contributed by atoms with Crippen LogP contribution in [0, 0.1) is 0 Å². The van der Waals surface area contributed by atoms with Gasteiger partial charge >= 0.3 is 18.0 Å². The van der Waals surface area contributed by atoms with Gasteiger partial charge in [0.1, 0.15) is 5.69 Å². The zero-order valence-corrected chi connectivity index (χ0v) is 11.8. The third kappa shape index (κ3) is 3.21. The number of nitrogens with one attached hydrogen (secondary N) is 1. The highest BCUT2D eigenvalue weighted by atomic mass is 19.4. The number of hydrogen-bond donors (Lipinski definition) is 1. The van der Waals surface area contributed by atoms with Crippen LogP contribution in [0.25, 0.3) is 11.5 Å². The highest BCUT2D eigenvalue weighted by Gasteiger charge is 2.34. The predicted molar refractivity (Wildman–Crippen MR) is 74.7 cm³/mol. The summed E-state index contributed by atoms with van der Waals surface area (Å²) in [4.78, 5) is 23.6. The standard InChI is InChI=1S/C14H8F3N5O2/c15-14(16,17)8-3-1-2-4-9(8)20-12(23)13-21-11(22-24-13)10-7-18-5-6-19-10/h1-7H,(H,20,23). The Kier molecular flexibility index (Phi) is 3.94. The molecule has 1 aromatic carbocycles. The Labute approximate surface area is 132 Å². The van der Waals surface area contributed by atoms with Gasteiger partial charge in [0.2, 0.25) is 5.82 Å². The maximum atomic E-state index is 12.9. The molecule has 122 valence electrons. The van der Waals surface area contributed by atoms with Crippen molar-refractivity contribution in [2.24, 2.45) is 0 Å². The highest BCUT2D eigenvalue weighted by Crippen LogP contribution is 2.34. The summed E-state index contributed by atoms with van der Waals surface area (Å²) in [6.07, 6.45) is -0.425. The lowest BCUT2D eigenvalue weighted by molar-refractivity contribution is -0.136. The minimum Gasteiger partial charge on any atom is -0.328 e. The Morgan fingerprint density at radius 3 is 2.67 bits per heavy atom. The van der Waals surface area contributed by atoms with Crippen LogP contribution in [0.1, 0.15) is 16.2 Å². The Balaban J connectivity index is 1.83. The van der Waals surface area contributed by atoms with Crippen molar-refractivity contribution in [3.05, 3.63) is 54.3 Å². The Bertz CT molecular complexity index is 864. The first-order chi connectivity index (χ1) is 11.4. The Hall–Kier alpha value is -3.30. The summed E-state index contributed by atoms with van der Waals surface area (Å²) < 4.78 is 43.5. The number of carbonyl (C=O) groups is 1. The molecule has 1 N–H and O–H groups in total. The second-order valence-electron chi connectivity index (χ2n) is 4.51. The molecule has 10 heteroatoms. The zero-order chi connectivity index (χ0) is 17.2. The van der Waals surface area contributed by atoms with Crippen LogP contribution in [-0.2, 0) is 6.18 Å². The van der Waals surface area contributed by atoms with Gasteiger partial charge in [-0.1, -0.05) is 17.3 Å². The van der Waals surface area contributed by atoms with Gasteiger partial charge in [0, 0.05) is 12.4 Å². The number of benzene rings is 1. The number of para-hydroxylation sites is 1. The molecule has 2 heterocycles. The van der Waals surface area contributed by atoms with E-state index in [0.29, 0.717) is 0 Å². The molecule has 0 radical (unpaired) electrons. The van der Waals surface area contributed by atoms with Gasteiger partial charge in [0.15, 0.2) is 0 Å². The van der Waals surface area contributed by atoms with E-state index >= 15 is 0 Å². The lowest BCUT2D eigenvalue weighted by atomic mass is 10.1. The van der Waals surface area contributed by atoms with E-state index < -0.39 is 29.2 Å². The minimum absolute atomic E-state index is 0.00245. The molecule has 0 bridgehead atoms. The summed E-state index contributed by atoms with van der Waals surface area (Å²) in [5, 5.41) is 5.66. The molecule has 0 unspecified atom stereocenters. The summed E-state index contributed by atoms with van der Waals surface area (Å²) >= 11 is 0. The van der Waals surface area contributed by atoms with Crippen LogP contribution in [-0.4, -0.2) is 26.0 Å². The molecular weight excluding hydrogens is 327 g/mol. The van der Waals surface area contributed by atoms with E-state index in [0.717, 1.165) is 12.1 Å². The summed E-state index contributed by atoms with van der Waals surface area (Å²) in [5.41, 5.74) is -1.13. The molecule has 0 saturated heterocycles. The lowest BCUT2D eigenvalue weighted by Crippen LogP contribution is -2.16. The number of aromatic nitrogens is 4. The normalized spacial score (nSPS) is 11.3. The second kappa shape index (κ2) is 6.07. The molecule has 0 spiro atoms. The van der Waals surface area contributed by atoms with Crippen molar-refractivity contribution in [3.63, 3.8) is 0 Å². The number of anilines is 1. The molecule has 0 aliphatic heterocycles. The maximum absolute atomic E-state index is 12.9. The van der Waals surface area contributed by atoms with E-state index in [1.165, 1.54) is 30.7 Å². The number of amides is 1. The number of carbonyl (C=O) groups excluding carboxylic acids is 1. The van der Waals surface area contributed by atoms with Crippen molar-refractivity contribution in [2.75, 3.05) is 5.32 Å². The molecular formula is C14H8F3N5O2. The number of hydrogen-bond acceptors (Lipinski definition) is 6. The molecule has 0 fully saturated rings. The topological polar surface area (TPSA) is 93.8 Å². The largest absolute Gasteiger partial charge is 0.418 e. The Morgan fingerprint density at radius 1 is 1.17 bits per heavy atom. The molecule has 2 aromatic heterocycles. The smallest absolute Gasteiger partial charge is 0.328 e. The van der Waals surface area contributed by atoms with Gasteiger partial charge in [-0.15, -0.1) is 0 Å². The summed E-state index contributed by atoms with van der Waals surface area (Å²) in [6, 6.07) is 4.57. The van der Waals surface area contributed by atoms with Crippen LogP contribution in [0.5, 0.6) is 0 Å². The van der Waals surface area contributed by atoms with E-state index in [9.17, 15) is 18.0 Å². The van der Waals surface area contributed by atoms with Gasteiger partial charge in [-0.25, -0.2) is 4.98 Å². The molecule has 0 aliphatic carbocycles. The molecule has 7 nitrogen and oxygen atoms in total. The molecule has 24 heavy (non-hydrogen) atoms. The molecule has 0 saturated carbocycles. The number of nitrogens with zero attached hydrogens (tertiary/aromatic N) is 4. The van der Waals surface area contributed by atoms with E-state index in [4.69, 9.17) is 4.52 Å². The summed E-state index contributed by atoms with van der Waals surface area (Å²) in [5.74, 6) is -1.46. The molecule has 0 atom stereocenters. The van der Waals surface area contributed by atoms with Crippen molar-refractivity contribution in [1.29, 1.82) is 0 Å². The van der Waals surface area contributed by atoms with Crippen molar-refractivity contribution >= 4 is 11.6 Å². The fourth-order valence-electron chi connectivity index (χ4n) is 1.85. The molecule has 1 amide bonds. The van der Waals surface area contributed by atoms with Crippen LogP contribution in [0.15, 0.2) is 47.4 Å². The average Bonchev–Trinajstić information content (AvgIpc) is 3.05. The summed E-state index contributed by atoms with van der Waals surface area (Å²) in [7, 11) is 0. The van der Waals surface area contributed by atoms with E-state index in [1.807, 2.05) is 0 Å². The molecule has 3 rings (SSSR count). The fourth-order valence-corrected chi connectivity index (χ4v) is 1.85. The number of rotatable bonds is 3. The zero-order valence-electron chi connectivity index (χ0n) is 11.8. The van der Waals surface area contributed by atoms with Crippen LogP contribution in [0.2, 0.25) is 0 Å². The van der Waals surface area contributed by atoms with Crippen molar-refractivity contribution < 1.29 is 22.5 Å². The van der Waals surface area contributed by atoms with Crippen LogP contribution in [0.4, 0.5) is 18.9 Å². The van der Waals surface area contributed by atoms with Crippen molar-refractivity contribution in [1.82, 2.24) is 20.1 Å². The minimum atomic E-state index is -4.61. The predicted octanol–water partition coefficient (Wildman–Crippen LogP) is 2.80. The van der Waals surface area contributed by atoms with Gasteiger partial charge in [-0.2, -0.15) is 18.2 Å². The monoisotopic (exact) mass is 335 g/mol. The van der Waals surface area contributed by atoms with Crippen LogP contribution >= 0.6 is 0 Å². The second-order valence-corrected chi connectivity index (χ2v) is 4.51.